The van der Waals surface area contributed by atoms with Crippen molar-refractivity contribution in [3.05, 3.63) is 0 Å². The van der Waals surface area contributed by atoms with Crippen LogP contribution in [0.2, 0.25) is 0 Å². The molecule has 0 aliphatic carbocycles. The second-order valence-electron chi connectivity index (χ2n) is 2.40. The minimum atomic E-state index is 0.252. The van der Waals surface area contributed by atoms with E-state index >= 15 is 0 Å². The molecule has 3 N–H and O–H groups in total. The fraction of sp³-hybridized carbons (Fsp3) is 1.00. The highest BCUT2D eigenvalue weighted by Gasteiger charge is 1.89. The lowest BCUT2D eigenvalue weighted by atomic mass is 10.7. The second kappa shape index (κ2) is 11.8. The minimum absolute atomic E-state index is 0.252. The number of ether oxygens (including phenoxy) is 3. The normalized spacial score (nSPS) is 10.6. The molecule has 0 saturated carbocycles. The lowest BCUT2D eigenvalue weighted by molar-refractivity contribution is 0.0165. The highest BCUT2D eigenvalue weighted by atomic mass is 16.5. The summed E-state index contributed by atoms with van der Waals surface area (Å²) in [6, 6.07) is 0. The Kier molecular flexibility index (Phi) is 11.6. The van der Waals surface area contributed by atoms with E-state index in [1.54, 1.807) is 0 Å². The summed E-state index contributed by atoms with van der Waals surface area (Å²) in [4.78, 5) is 0. The first-order valence-electron chi connectivity index (χ1n) is 4.49. The zero-order chi connectivity index (χ0) is 9.78. The molecule has 0 spiro atoms. The van der Waals surface area contributed by atoms with Gasteiger partial charge in [-0.05, 0) is 7.05 Å². The smallest absolute Gasteiger partial charge is 0.0941 e. The van der Waals surface area contributed by atoms with Crippen LogP contribution in [0.25, 0.3) is 0 Å². The van der Waals surface area contributed by atoms with Crippen LogP contribution in [0, 0.1) is 0 Å². The molecule has 0 rings (SSSR count). The molecule has 0 radical (unpaired) electrons. The number of nitrogens with two attached hydrogens (primary N) is 1. The topological polar surface area (TPSA) is 65.7 Å². The summed E-state index contributed by atoms with van der Waals surface area (Å²) in [7, 11) is 1.89. The van der Waals surface area contributed by atoms with Gasteiger partial charge in [-0.25, -0.2) is 0 Å². The van der Waals surface area contributed by atoms with Crippen molar-refractivity contribution >= 4 is 0 Å². The maximum Gasteiger partial charge on any atom is 0.0941 e. The predicted molar refractivity (Wildman–Crippen MR) is 50.6 cm³/mol. The largest absolute Gasteiger partial charge is 0.378 e. The van der Waals surface area contributed by atoms with Crippen LogP contribution in [0.5, 0.6) is 0 Å². The van der Waals surface area contributed by atoms with Crippen molar-refractivity contribution in [3.8, 4) is 0 Å². The molecule has 0 atom stereocenters. The van der Waals surface area contributed by atoms with Crippen LogP contribution in [0.3, 0.4) is 0 Å². The van der Waals surface area contributed by atoms with E-state index in [4.69, 9.17) is 19.9 Å². The number of rotatable bonds is 10. The van der Waals surface area contributed by atoms with Gasteiger partial charge >= 0.3 is 0 Å². The van der Waals surface area contributed by atoms with E-state index in [1.807, 2.05) is 7.05 Å². The van der Waals surface area contributed by atoms with Gasteiger partial charge in [-0.3, -0.25) is 0 Å². The van der Waals surface area contributed by atoms with Crippen molar-refractivity contribution in [2.24, 2.45) is 5.73 Å². The Morgan fingerprint density at radius 3 is 2.00 bits per heavy atom. The number of likely N-dealkylation sites (N-methyl/N-ethyl adjacent to an activating group) is 1. The van der Waals surface area contributed by atoms with Crippen molar-refractivity contribution in [2.45, 2.75) is 0 Å². The number of hydrogen-bond donors (Lipinski definition) is 2. The van der Waals surface area contributed by atoms with E-state index in [0.29, 0.717) is 26.4 Å². The molecule has 0 fully saturated rings. The quantitative estimate of drug-likeness (QED) is 0.349. The molecular formula is C8H20N2O3. The lowest BCUT2D eigenvalue weighted by Gasteiger charge is -2.05. The molecule has 0 aromatic carbocycles. The molecule has 80 valence electrons. The molecule has 5 heteroatoms. The Labute approximate surface area is 79.5 Å². The molecule has 0 unspecified atom stereocenters. The Morgan fingerprint density at radius 1 is 0.923 bits per heavy atom. The number of nitrogens with one attached hydrogen (secondary N) is 1. The maximum atomic E-state index is 5.23. The predicted octanol–water partition coefficient (Wildman–Crippen LogP) is -0.828. The molecule has 0 bridgehead atoms. The van der Waals surface area contributed by atoms with Gasteiger partial charge in [0.2, 0.25) is 0 Å². The molecule has 0 aromatic heterocycles. The van der Waals surface area contributed by atoms with E-state index in [1.165, 1.54) is 0 Å². The Bertz CT molecular complexity index is 83.5. The van der Waals surface area contributed by atoms with Crippen molar-refractivity contribution in [1.29, 1.82) is 0 Å². The Morgan fingerprint density at radius 2 is 1.46 bits per heavy atom. The van der Waals surface area contributed by atoms with E-state index < -0.39 is 0 Å². The minimum Gasteiger partial charge on any atom is -0.378 e. The van der Waals surface area contributed by atoms with E-state index in [2.05, 4.69) is 5.32 Å². The van der Waals surface area contributed by atoms with Crippen molar-refractivity contribution < 1.29 is 14.2 Å². The fourth-order valence-corrected chi connectivity index (χ4v) is 0.697. The molecule has 0 aliphatic heterocycles. The summed E-state index contributed by atoms with van der Waals surface area (Å²) in [6.07, 6.45) is 0. The van der Waals surface area contributed by atoms with E-state index in [0.717, 1.165) is 13.2 Å². The van der Waals surface area contributed by atoms with Crippen LogP contribution in [0.4, 0.5) is 0 Å². The summed E-state index contributed by atoms with van der Waals surface area (Å²) in [6.45, 7) is 4.21. The first-order chi connectivity index (χ1) is 6.41. The van der Waals surface area contributed by atoms with Crippen molar-refractivity contribution in [1.82, 2.24) is 5.32 Å². The Hall–Kier alpha value is -0.200. The van der Waals surface area contributed by atoms with Gasteiger partial charge < -0.3 is 25.3 Å². The SMILES string of the molecule is CNCCOCCOCCOCN. The Balaban J connectivity index is 2.76. The molecule has 0 heterocycles. The monoisotopic (exact) mass is 192 g/mol. The van der Waals surface area contributed by atoms with E-state index in [9.17, 15) is 0 Å². The first kappa shape index (κ1) is 12.8. The van der Waals surface area contributed by atoms with Gasteiger partial charge in [0, 0.05) is 6.54 Å². The standard InChI is InChI=1S/C8H20N2O3/c1-10-2-3-11-4-5-12-6-7-13-8-9/h10H,2-9H2,1H3. The molecule has 13 heavy (non-hydrogen) atoms. The highest BCUT2D eigenvalue weighted by Crippen LogP contribution is 1.79. The fourth-order valence-electron chi connectivity index (χ4n) is 0.697. The summed E-state index contributed by atoms with van der Waals surface area (Å²) in [5, 5.41) is 2.99. The maximum absolute atomic E-state index is 5.23. The molecule has 0 amide bonds. The molecule has 5 nitrogen and oxygen atoms in total. The van der Waals surface area contributed by atoms with Gasteiger partial charge in [-0.2, -0.15) is 0 Å². The van der Waals surface area contributed by atoms with Crippen LogP contribution in [0.1, 0.15) is 0 Å². The third kappa shape index (κ3) is 11.8. The zero-order valence-electron chi connectivity index (χ0n) is 8.25. The van der Waals surface area contributed by atoms with Gasteiger partial charge in [-0.1, -0.05) is 0 Å². The van der Waals surface area contributed by atoms with Gasteiger partial charge in [0.05, 0.1) is 39.8 Å². The third-order valence-corrected chi connectivity index (χ3v) is 1.36. The van der Waals surface area contributed by atoms with Crippen LogP contribution < -0.4 is 11.1 Å². The van der Waals surface area contributed by atoms with Crippen molar-refractivity contribution in [2.75, 3.05) is 53.4 Å². The second-order valence-corrected chi connectivity index (χ2v) is 2.40. The average molecular weight is 192 g/mol. The van der Waals surface area contributed by atoms with Gasteiger partial charge in [0.25, 0.3) is 0 Å². The zero-order valence-corrected chi connectivity index (χ0v) is 8.25. The summed E-state index contributed by atoms with van der Waals surface area (Å²) < 4.78 is 15.3. The number of hydrogen-bond acceptors (Lipinski definition) is 5. The van der Waals surface area contributed by atoms with E-state index in [-0.39, 0.29) is 6.73 Å². The average Bonchev–Trinajstić information content (AvgIpc) is 2.16. The van der Waals surface area contributed by atoms with Gasteiger partial charge in [0.15, 0.2) is 0 Å². The van der Waals surface area contributed by atoms with Crippen LogP contribution >= 0.6 is 0 Å². The van der Waals surface area contributed by atoms with Crippen LogP contribution in [-0.4, -0.2) is 53.4 Å². The van der Waals surface area contributed by atoms with Gasteiger partial charge in [-0.15, -0.1) is 0 Å². The molecule has 0 aromatic rings. The summed E-state index contributed by atoms with van der Waals surface area (Å²) >= 11 is 0. The highest BCUT2D eigenvalue weighted by molar-refractivity contribution is 4.36. The summed E-state index contributed by atoms with van der Waals surface area (Å²) in [5.74, 6) is 0. The molecule has 0 saturated heterocycles. The van der Waals surface area contributed by atoms with Crippen LogP contribution in [-0.2, 0) is 14.2 Å². The summed E-state index contributed by atoms with van der Waals surface area (Å²) in [5.41, 5.74) is 5.11. The van der Waals surface area contributed by atoms with Crippen molar-refractivity contribution in [3.63, 3.8) is 0 Å². The third-order valence-electron chi connectivity index (χ3n) is 1.36. The first-order valence-corrected chi connectivity index (χ1v) is 4.49. The van der Waals surface area contributed by atoms with Crippen LogP contribution in [0.15, 0.2) is 0 Å². The molecular weight excluding hydrogens is 172 g/mol. The lowest BCUT2D eigenvalue weighted by Crippen LogP contribution is -2.17. The van der Waals surface area contributed by atoms with Gasteiger partial charge in [0.1, 0.15) is 0 Å². The molecule has 0 aliphatic rings.